The molecule has 17 heavy (non-hydrogen) atoms. The van der Waals surface area contributed by atoms with Crippen LogP contribution in [0, 0.1) is 11.8 Å². The van der Waals surface area contributed by atoms with Gasteiger partial charge in [-0.15, -0.1) is 11.3 Å². The third kappa shape index (κ3) is 2.84. The average Bonchev–Trinajstić information content (AvgIpc) is 2.82. The Balaban J connectivity index is 1.97. The molecular weight excluding hydrogens is 234 g/mol. The summed E-state index contributed by atoms with van der Waals surface area (Å²) in [6.45, 7) is 4.94. The third-order valence-electron chi connectivity index (χ3n) is 3.26. The maximum absolute atomic E-state index is 12.1. The van der Waals surface area contributed by atoms with Gasteiger partial charge in [-0.2, -0.15) is 0 Å². The summed E-state index contributed by atoms with van der Waals surface area (Å²) in [7, 11) is 1.85. The lowest BCUT2D eigenvalue weighted by atomic mass is 10.3. The molecular formula is C12H19N3OS. The molecule has 1 aromatic heterocycles. The molecule has 1 aliphatic rings. The summed E-state index contributed by atoms with van der Waals surface area (Å²) < 4.78 is 0. The molecule has 2 rings (SSSR count). The fourth-order valence-corrected chi connectivity index (χ4v) is 2.63. The molecule has 4 nitrogen and oxygen atoms in total. The lowest BCUT2D eigenvalue weighted by molar-refractivity contribution is 0.0782. The minimum atomic E-state index is -0.102. The summed E-state index contributed by atoms with van der Waals surface area (Å²) in [5.74, 6) is 1.45. The molecule has 0 radical (unpaired) electrons. The Morgan fingerprint density at radius 3 is 2.88 bits per heavy atom. The molecule has 3 unspecified atom stereocenters. The molecule has 1 aliphatic carbocycles. The van der Waals surface area contributed by atoms with Gasteiger partial charge in [0.2, 0.25) is 0 Å². The summed E-state index contributed by atoms with van der Waals surface area (Å²) in [6.07, 6.45) is 1.24. The third-order valence-corrected chi connectivity index (χ3v) is 4.31. The predicted octanol–water partition coefficient (Wildman–Crippen LogP) is 1.89. The van der Waals surface area contributed by atoms with E-state index in [9.17, 15) is 4.79 Å². The van der Waals surface area contributed by atoms with E-state index in [0.29, 0.717) is 11.6 Å². The zero-order valence-electron chi connectivity index (χ0n) is 10.5. The van der Waals surface area contributed by atoms with Crippen molar-refractivity contribution >= 4 is 17.2 Å². The molecule has 3 atom stereocenters. The largest absolute Gasteiger partial charge is 0.340 e. The molecule has 5 heteroatoms. The Morgan fingerprint density at radius 2 is 2.41 bits per heavy atom. The van der Waals surface area contributed by atoms with E-state index in [1.165, 1.54) is 17.8 Å². The highest BCUT2D eigenvalue weighted by molar-refractivity contribution is 7.09. The molecule has 0 bridgehead atoms. The van der Waals surface area contributed by atoms with Crippen LogP contribution in [0.5, 0.6) is 0 Å². The van der Waals surface area contributed by atoms with Gasteiger partial charge in [-0.05, 0) is 25.2 Å². The number of amides is 1. The van der Waals surface area contributed by atoms with Crippen LogP contribution in [0.4, 0.5) is 0 Å². The van der Waals surface area contributed by atoms with Gasteiger partial charge >= 0.3 is 0 Å². The first-order chi connectivity index (χ1) is 7.99. The molecule has 1 saturated carbocycles. The van der Waals surface area contributed by atoms with Crippen LogP contribution in [0.3, 0.4) is 0 Å². The second-order valence-electron chi connectivity index (χ2n) is 5.02. The van der Waals surface area contributed by atoms with Crippen LogP contribution in [0.25, 0.3) is 0 Å². The first-order valence-corrected chi connectivity index (χ1v) is 6.83. The van der Waals surface area contributed by atoms with Crippen molar-refractivity contribution in [3.05, 3.63) is 16.1 Å². The van der Waals surface area contributed by atoms with E-state index in [1.807, 2.05) is 14.0 Å². The predicted molar refractivity (Wildman–Crippen MR) is 68.9 cm³/mol. The molecule has 0 spiro atoms. The number of hydrogen-bond donors (Lipinski definition) is 1. The van der Waals surface area contributed by atoms with Crippen LogP contribution < -0.4 is 5.73 Å². The zero-order chi connectivity index (χ0) is 12.6. The number of aromatic nitrogens is 1. The van der Waals surface area contributed by atoms with E-state index in [0.717, 1.165) is 17.5 Å². The van der Waals surface area contributed by atoms with Gasteiger partial charge in [0.15, 0.2) is 0 Å². The van der Waals surface area contributed by atoms with Crippen molar-refractivity contribution in [2.45, 2.75) is 26.3 Å². The number of carbonyl (C=O) groups excluding carboxylic acids is 1. The first-order valence-electron chi connectivity index (χ1n) is 5.95. The van der Waals surface area contributed by atoms with E-state index < -0.39 is 0 Å². The van der Waals surface area contributed by atoms with E-state index in [1.54, 1.807) is 10.3 Å². The molecule has 1 amide bonds. The van der Waals surface area contributed by atoms with Gasteiger partial charge in [0.05, 0.1) is 6.04 Å². The molecule has 2 N–H and O–H groups in total. The molecule has 94 valence electrons. The van der Waals surface area contributed by atoms with Crippen LogP contribution in [0.1, 0.15) is 41.8 Å². The van der Waals surface area contributed by atoms with E-state index >= 15 is 0 Å². The average molecular weight is 253 g/mol. The van der Waals surface area contributed by atoms with Crippen LogP contribution in [0.15, 0.2) is 5.38 Å². The summed E-state index contributed by atoms with van der Waals surface area (Å²) in [5.41, 5.74) is 6.26. The minimum Gasteiger partial charge on any atom is -0.340 e. The van der Waals surface area contributed by atoms with E-state index in [-0.39, 0.29) is 11.9 Å². The Bertz CT molecular complexity index is 416. The summed E-state index contributed by atoms with van der Waals surface area (Å²) >= 11 is 1.45. The fourth-order valence-electron chi connectivity index (χ4n) is 1.88. The Kier molecular flexibility index (Phi) is 3.49. The van der Waals surface area contributed by atoms with E-state index in [2.05, 4.69) is 11.9 Å². The Labute approximate surface area is 106 Å². The number of rotatable bonds is 4. The Hall–Kier alpha value is -0.940. The smallest absolute Gasteiger partial charge is 0.273 e. The van der Waals surface area contributed by atoms with Crippen molar-refractivity contribution in [1.29, 1.82) is 0 Å². The lowest BCUT2D eigenvalue weighted by Crippen LogP contribution is -2.29. The standard InChI is InChI=1S/C12H19N3OS/c1-7-4-9(7)5-15(3)12(16)10-6-17-11(14-10)8(2)13/h6-9H,4-5,13H2,1-3H3. The minimum absolute atomic E-state index is 0.00671. The molecule has 0 aromatic carbocycles. The van der Waals surface area contributed by atoms with Gasteiger partial charge < -0.3 is 10.6 Å². The van der Waals surface area contributed by atoms with Gasteiger partial charge in [0.25, 0.3) is 5.91 Å². The van der Waals surface area contributed by atoms with Gasteiger partial charge in [0.1, 0.15) is 10.7 Å². The van der Waals surface area contributed by atoms with Crippen LogP contribution >= 0.6 is 11.3 Å². The maximum atomic E-state index is 12.1. The lowest BCUT2D eigenvalue weighted by Gasteiger charge is -2.15. The van der Waals surface area contributed by atoms with Crippen molar-refractivity contribution < 1.29 is 4.79 Å². The SMILES string of the molecule is CC(N)c1nc(C(=O)N(C)CC2CC2C)cs1. The summed E-state index contributed by atoms with van der Waals surface area (Å²) in [5, 5.41) is 2.62. The molecule has 0 saturated heterocycles. The quantitative estimate of drug-likeness (QED) is 0.891. The Morgan fingerprint density at radius 1 is 1.76 bits per heavy atom. The monoisotopic (exact) mass is 253 g/mol. The van der Waals surface area contributed by atoms with Crippen LogP contribution in [-0.2, 0) is 0 Å². The topological polar surface area (TPSA) is 59.2 Å². The van der Waals surface area contributed by atoms with E-state index in [4.69, 9.17) is 5.73 Å². The summed E-state index contributed by atoms with van der Waals surface area (Å²) in [6, 6.07) is -0.102. The highest BCUT2D eigenvalue weighted by Gasteiger charge is 2.34. The fraction of sp³-hybridized carbons (Fsp3) is 0.667. The molecule has 1 aromatic rings. The highest BCUT2D eigenvalue weighted by atomic mass is 32.1. The van der Waals surface area contributed by atoms with Crippen molar-refractivity contribution in [2.75, 3.05) is 13.6 Å². The maximum Gasteiger partial charge on any atom is 0.273 e. The summed E-state index contributed by atoms with van der Waals surface area (Å²) in [4.78, 5) is 18.1. The van der Waals surface area contributed by atoms with Gasteiger partial charge in [-0.1, -0.05) is 6.92 Å². The molecule has 1 fully saturated rings. The van der Waals surface area contributed by atoms with Crippen LogP contribution in [0.2, 0.25) is 0 Å². The second-order valence-corrected chi connectivity index (χ2v) is 5.91. The number of nitrogens with two attached hydrogens (primary N) is 1. The van der Waals surface area contributed by atoms with Gasteiger partial charge in [0, 0.05) is 19.0 Å². The number of carbonyl (C=O) groups is 1. The number of thiazole rings is 1. The first kappa shape index (κ1) is 12.5. The van der Waals surface area contributed by atoms with Crippen molar-refractivity contribution in [2.24, 2.45) is 17.6 Å². The van der Waals surface area contributed by atoms with Crippen LogP contribution in [-0.4, -0.2) is 29.4 Å². The highest BCUT2D eigenvalue weighted by Crippen LogP contribution is 2.38. The van der Waals surface area contributed by atoms with Gasteiger partial charge in [-0.25, -0.2) is 4.98 Å². The second kappa shape index (κ2) is 4.74. The molecule has 1 heterocycles. The van der Waals surface area contributed by atoms with Gasteiger partial charge in [-0.3, -0.25) is 4.79 Å². The van der Waals surface area contributed by atoms with Crippen molar-refractivity contribution in [3.8, 4) is 0 Å². The van der Waals surface area contributed by atoms with Crippen molar-refractivity contribution in [1.82, 2.24) is 9.88 Å². The normalized spacial score (nSPS) is 24.5. The number of nitrogens with zero attached hydrogens (tertiary/aromatic N) is 2. The zero-order valence-corrected chi connectivity index (χ0v) is 11.3. The van der Waals surface area contributed by atoms with Crippen molar-refractivity contribution in [3.63, 3.8) is 0 Å². The molecule has 0 aliphatic heterocycles. The number of hydrogen-bond acceptors (Lipinski definition) is 4.